The van der Waals surface area contributed by atoms with Crippen LogP contribution in [0.4, 0.5) is 15.6 Å². The lowest BCUT2D eigenvalue weighted by atomic mass is 10.2. The molecule has 4 rings (SSSR count). The van der Waals surface area contributed by atoms with E-state index < -0.39 is 0 Å². The summed E-state index contributed by atoms with van der Waals surface area (Å²) in [5, 5.41) is 3.90. The molecule has 0 saturated carbocycles. The number of urea groups is 1. The molecule has 1 aliphatic heterocycles. The van der Waals surface area contributed by atoms with Gasteiger partial charge in [-0.3, -0.25) is 9.69 Å². The molecule has 3 aromatic rings. The van der Waals surface area contributed by atoms with Gasteiger partial charge in [0, 0.05) is 23.8 Å². The Balaban J connectivity index is 1.40. The third-order valence-corrected chi connectivity index (χ3v) is 5.54. The maximum Gasteiger partial charge on any atom is 0.325 e. The third kappa shape index (κ3) is 3.74. The van der Waals surface area contributed by atoms with E-state index in [1.807, 2.05) is 43.3 Å². The molecule has 0 spiro atoms. The van der Waals surface area contributed by atoms with Crippen molar-refractivity contribution >= 4 is 55.9 Å². The van der Waals surface area contributed by atoms with Crippen molar-refractivity contribution in [3.8, 4) is 0 Å². The van der Waals surface area contributed by atoms with Gasteiger partial charge < -0.3 is 10.2 Å². The first-order valence-electron chi connectivity index (χ1n) is 8.49. The normalized spacial score (nSPS) is 14.2. The second-order valence-electron chi connectivity index (χ2n) is 6.37. The van der Waals surface area contributed by atoms with Crippen molar-refractivity contribution in [2.24, 2.45) is 0 Å². The Morgan fingerprint density at radius 3 is 2.78 bits per heavy atom. The Hall–Kier alpha value is -2.64. The number of fused-ring (bicyclic) bond motifs is 1. The monoisotopic (exact) mass is 400 g/mol. The smallest absolute Gasteiger partial charge is 0.313 e. The molecular weight excluding hydrogens is 384 g/mol. The van der Waals surface area contributed by atoms with Crippen molar-refractivity contribution in [2.45, 2.75) is 6.92 Å². The van der Waals surface area contributed by atoms with Gasteiger partial charge in [-0.25, -0.2) is 9.78 Å². The molecule has 3 amide bonds. The van der Waals surface area contributed by atoms with Gasteiger partial charge in [-0.15, -0.1) is 0 Å². The summed E-state index contributed by atoms with van der Waals surface area (Å²) < 4.78 is 0.903. The van der Waals surface area contributed by atoms with Crippen LogP contribution in [0.1, 0.15) is 5.56 Å². The lowest BCUT2D eigenvalue weighted by Crippen LogP contribution is -2.37. The van der Waals surface area contributed by atoms with Crippen LogP contribution in [0.25, 0.3) is 10.2 Å². The Labute approximate surface area is 165 Å². The molecule has 0 aliphatic carbocycles. The minimum absolute atomic E-state index is 0.00211. The molecular formula is C19H17ClN4O2S. The molecule has 0 bridgehead atoms. The van der Waals surface area contributed by atoms with Crippen LogP contribution in [-0.2, 0) is 4.79 Å². The van der Waals surface area contributed by atoms with E-state index >= 15 is 0 Å². The van der Waals surface area contributed by atoms with Gasteiger partial charge in [-0.2, -0.15) is 0 Å². The Morgan fingerprint density at radius 2 is 2.00 bits per heavy atom. The summed E-state index contributed by atoms with van der Waals surface area (Å²) in [5.74, 6) is -0.265. The van der Waals surface area contributed by atoms with Gasteiger partial charge in [-0.1, -0.05) is 40.6 Å². The standard InChI is InChI=1S/C19H17ClN4O2S/c1-12-2-5-14(6-3-12)24-9-8-23(19(24)26)11-17(25)22-18-21-15-7-4-13(20)10-16(15)27-18/h2-7,10H,8-9,11H2,1H3,(H,21,22,25). The molecule has 1 N–H and O–H groups in total. The molecule has 6 nitrogen and oxygen atoms in total. The van der Waals surface area contributed by atoms with Gasteiger partial charge in [0.05, 0.1) is 10.2 Å². The number of amides is 3. The second kappa shape index (κ2) is 7.17. The zero-order valence-electron chi connectivity index (χ0n) is 14.6. The van der Waals surface area contributed by atoms with Gasteiger partial charge in [0.2, 0.25) is 5.91 Å². The van der Waals surface area contributed by atoms with Crippen LogP contribution in [0.2, 0.25) is 5.02 Å². The number of nitrogens with one attached hydrogen (secondary N) is 1. The van der Waals surface area contributed by atoms with E-state index in [0.717, 1.165) is 21.5 Å². The number of thiazole rings is 1. The van der Waals surface area contributed by atoms with Crippen LogP contribution < -0.4 is 10.2 Å². The van der Waals surface area contributed by atoms with E-state index in [9.17, 15) is 9.59 Å². The van der Waals surface area contributed by atoms with Gasteiger partial charge >= 0.3 is 6.03 Å². The minimum Gasteiger partial charge on any atom is -0.313 e. The highest BCUT2D eigenvalue weighted by atomic mass is 35.5. The second-order valence-corrected chi connectivity index (χ2v) is 7.84. The fraction of sp³-hybridized carbons (Fsp3) is 0.211. The summed E-state index contributed by atoms with van der Waals surface area (Å²) >= 11 is 7.33. The number of aromatic nitrogens is 1. The van der Waals surface area contributed by atoms with Crippen molar-refractivity contribution < 1.29 is 9.59 Å². The molecule has 8 heteroatoms. The first-order valence-corrected chi connectivity index (χ1v) is 9.68. The van der Waals surface area contributed by atoms with Gasteiger partial charge in [0.1, 0.15) is 6.54 Å². The molecule has 0 radical (unpaired) electrons. The van der Waals surface area contributed by atoms with Crippen molar-refractivity contribution in [1.82, 2.24) is 9.88 Å². The van der Waals surface area contributed by atoms with Crippen LogP contribution in [-0.4, -0.2) is 41.5 Å². The summed E-state index contributed by atoms with van der Waals surface area (Å²) in [7, 11) is 0. The van der Waals surface area contributed by atoms with E-state index in [1.54, 1.807) is 15.9 Å². The highest BCUT2D eigenvalue weighted by Gasteiger charge is 2.30. The van der Waals surface area contributed by atoms with Crippen molar-refractivity contribution in [1.29, 1.82) is 0 Å². The summed E-state index contributed by atoms with van der Waals surface area (Å²) in [6, 6.07) is 13.0. The zero-order chi connectivity index (χ0) is 19.0. The Bertz CT molecular complexity index is 1020. The first-order chi connectivity index (χ1) is 13.0. The fourth-order valence-electron chi connectivity index (χ4n) is 2.98. The number of nitrogens with zero attached hydrogens (tertiary/aromatic N) is 3. The first kappa shape index (κ1) is 17.8. The van der Waals surface area contributed by atoms with Gasteiger partial charge in [-0.05, 0) is 37.3 Å². The minimum atomic E-state index is -0.265. The van der Waals surface area contributed by atoms with Crippen LogP contribution in [0.5, 0.6) is 0 Å². The maximum atomic E-state index is 12.6. The number of rotatable bonds is 4. The topological polar surface area (TPSA) is 65.5 Å². The highest BCUT2D eigenvalue weighted by Crippen LogP contribution is 2.28. The third-order valence-electron chi connectivity index (χ3n) is 4.37. The molecule has 0 unspecified atom stereocenters. The van der Waals surface area contributed by atoms with Gasteiger partial charge in [0.15, 0.2) is 5.13 Å². The number of halogens is 1. The number of aryl methyl sites for hydroxylation is 1. The summed E-state index contributed by atoms with van der Waals surface area (Å²) in [6.45, 7) is 3.07. The molecule has 1 aliphatic rings. The number of hydrogen-bond acceptors (Lipinski definition) is 4. The van der Waals surface area contributed by atoms with Crippen molar-refractivity contribution in [3.05, 3.63) is 53.1 Å². The van der Waals surface area contributed by atoms with E-state index in [1.165, 1.54) is 11.3 Å². The molecule has 138 valence electrons. The van der Waals surface area contributed by atoms with Crippen molar-refractivity contribution in [3.63, 3.8) is 0 Å². The molecule has 0 atom stereocenters. The van der Waals surface area contributed by atoms with E-state index in [2.05, 4.69) is 10.3 Å². The number of carbonyl (C=O) groups excluding carboxylic acids is 2. The zero-order valence-corrected chi connectivity index (χ0v) is 16.2. The summed E-state index contributed by atoms with van der Waals surface area (Å²) in [5.41, 5.74) is 2.76. The van der Waals surface area contributed by atoms with Crippen LogP contribution in [0, 0.1) is 6.92 Å². The maximum absolute atomic E-state index is 12.6. The van der Waals surface area contributed by atoms with Crippen molar-refractivity contribution in [2.75, 3.05) is 29.9 Å². The lowest BCUT2D eigenvalue weighted by molar-refractivity contribution is -0.116. The predicted octanol–water partition coefficient (Wildman–Crippen LogP) is 4.14. The largest absolute Gasteiger partial charge is 0.325 e. The van der Waals surface area contributed by atoms with Gasteiger partial charge in [0.25, 0.3) is 0 Å². The van der Waals surface area contributed by atoms with E-state index in [-0.39, 0.29) is 18.5 Å². The number of anilines is 2. The number of benzene rings is 2. The quantitative estimate of drug-likeness (QED) is 0.715. The fourth-order valence-corrected chi connectivity index (χ4v) is 4.14. The number of carbonyl (C=O) groups is 2. The Morgan fingerprint density at radius 1 is 1.22 bits per heavy atom. The predicted molar refractivity (Wildman–Crippen MR) is 109 cm³/mol. The SMILES string of the molecule is Cc1ccc(N2CCN(CC(=O)Nc3nc4ccc(Cl)cc4s3)C2=O)cc1. The van der Waals surface area contributed by atoms with E-state index in [4.69, 9.17) is 11.6 Å². The van der Waals surface area contributed by atoms with Crippen LogP contribution >= 0.6 is 22.9 Å². The molecule has 2 aromatic carbocycles. The van der Waals surface area contributed by atoms with Crippen LogP contribution in [0.3, 0.4) is 0 Å². The molecule has 1 fully saturated rings. The van der Waals surface area contributed by atoms with Crippen LogP contribution in [0.15, 0.2) is 42.5 Å². The molecule has 27 heavy (non-hydrogen) atoms. The Kier molecular flexibility index (Phi) is 4.72. The lowest BCUT2D eigenvalue weighted by Gasteiger charge is -2.18. The summed E-state index contributed by atoms with van der Waals surface area (Å²) in [4.78, 5) is 32.6. The average Bonchev–Trinajstić information content (AvgIpc) is 3.19. The van der Waals surface area contributed by atoms with E-state index in [0.29, 0.717) is 23.2 Å². The average molecular weight is 401 g/mol. The molecule has 1 aromatic heterocycles. The summed E-state index contributed by atoms with van der Waals surface area (Å²) in [6.07, 6.45) is 0. The number of hydrogen-bond donors (Lipinski definition) is 1. The molecule has 1 saturated heterocycles. The highest BCUT2D eigenvalue weighted by molar-refractivity contribution is 7.22. The molecule has 2 heterocycles.